The fourth-order valence-electron chi connectivity index (χ4n) is 7.03. The lowest BCUT2D eigenvalue weighted by molar-refractivity contribution is -0.0674. The maximum absolute atomic E-state index is 10.0. The van der Waals surface area contributed by atoms with Gasteiger partial charge in [0.15, 0.2) is 0 Å². The van der Waals surface area contributed by atoms with Gasteiger partial charge in [-0.1, -0.05) is 20.3 Å². The molecule has 0 bridgehead atoms. The second kappa shape index (κ2) is 4.00. The van der Waals surface area contributed by atoms with Gasteiger partial charge < -0.3 is 5.11 Å². The van der Waals surface area contributed by atoms with Crippen LogP contribution in [-0.2, 0) is 0 Å². The van der Waals surface area contributed by atoms with E-state index in [1.165, 1.54) is 44.9 Å². The summed E-state index contributed by atoms with van der Waals surface area (Å²) in [5.74, 6) is 3.88. The zero-order valence-corrected chi connectivity index (χ0v) is 12.7. The van der Waals surface area contributed by atoms with E-state index in [0.29, 0.717) is 10.8 Å². The Balaban J connectivity index is 1.65. The quantitative estimate of drug-likeness (QED) is 0.686. The molecule has 108 valence electrons. The Labute approximate surface area is 118 Å². The van der Waals surface area contributed by atoms with E-state index in [2.05, 4.69) is 13.8 Å². The Morgan fingerprint density at radius 1 is 0.947 bits per heavy atom. The van der Waals surface area contributed by atoms with Gasteiger partial charge in [-0.2, -0.15) is 0 Å². The van der Waals surface area contributed by atoms with E-state index in [1.54, 1.807) is 0 Å². The average Bonchev–Trinajstić information content (AvgIpc) is 2.85. The highest BCUT2D eigenvalue weighted by Crippen LogP contribution is 2.69. The minimum Gasteiger partial charge on any atom is -0.393 e. The molecule has 0 spiro atoms. The molecule has 0 radical (unpaired) electrons. The van der Waals surface area contributed by atoms with E-state index in [0.717, 1.165) is 36.5 Å². The molecule has 0 aliphatic heterocycles. The third-order valence-corrected chi connectivity index (χ3v) is 8.08. The van der Waals surface area contributed by atoms with E-state index < -0.39 is 0 Å². The molecule has 7 atom stereocenters. The Morgan fingerprint density at radius 2 is 1.79 bits per heavy atom. The van der Waals surface area contributed by atoms with Crippen LogP contribution in [0.2, 0.25) is 0 Å². The van der Waals surface area contributed by atoms with Crippen LogP contribution in [-0.4, -0.2) is 11.2 Å². The molecule has 1 heteroatoms. The summed E-state index contributed by atoms with van der Waals surface area (Å²) in [5, 5.41) is 10.0. The van der Waals surface area contributed by atoms with Crippen molar-refractivity contribution in [1.82, 2.24) is 0 Å². The molecular weight excluding hydrogens is 232 g/mol. The van der Waals surface area contributed by atoms with Gasteiger partial charge in [-0.25, -0.2) is 0 Å². The largest absolute Gasteiger partial charge is 0.393 e. The molecule has 0 aromatic heterocycles. The molecule has 4 saturated carbocycles. The molecule has 1 nitrogen and oxygen atoms in total. The van der Waals surface area contributed by atoms with E-state index in [1.807, 2.05) is 0 Å². The van der Waals surface area contributed by atoms with Gasteiger partial charge in [0.2, 0.25) is 0 Å². The molecule has 4 aliphatic carbocycles. The Morgan fingerprint density at radius 3 is 2.63 bits per heavy atom. The second-order valence-corrected chi connectivity index (χ2v) is 8.84. The van der Waals surface area contributed by atoms with Crippen molar-refractivity contribution in [3.63, 3.8) is 0 Å². The molecule has 4 rings (SSSR count). The van der Waals surface area contributed by atoms with Crippen molar-refractivity contribution in [3.05, 3.63) is 0 Å². The summed E-state index contributed by atoms with van der Waals surface area (Å²) < 4.78 is 0. The third-order valence-electron chi connectivity index (χ3n) is 8.08. The molecule has 0 heterocycles. The molecule has 0 aromatic carbocycles. The zero-order valence-electron chi connectivity index (χ0n) is 12.7. The van der Waals surface area contributed by atoms with Crippen LogP contribution >= 0.6 is 0 Å². The number of aliphatic hydroxyl groups is 1. The first kappa shape index (κ1) is 12.7. The van der Waals surface area contributed by atoms with Crippen LogP contribution in [0.5, 0.6) is 0 Å². The standard InChI is InChI=1S/C18H30O/c1-17-8-3-4-15(17)14-6-5-12-10-13(19)7-9-18(12,2)16(14)11-17/h12-16,19H,3-11H2,1-2H3. The van der Waals surface area contributed by atoms with Crippen molar-refractivity contribution in [2.75, 3.05) is 0 Å². The predicted molar refractivity (Wildman–Crippen MR) is 77.7 cm³/mol. The normalized spacial score (nSPS) is 60.5. The van der Waals surface area contributed by atoms with E-state index in [-0.39, 0.29) is 6.10 Å². The monoisotopic (exact) mass is 262 g/mol. The van der Waals surface area contributed by atoms with Gasteiger partial charge in [-0.05, 0) is 85.9 Å². The summed E-state index contributed by atoms with van der Waals surface area (Å²) >= 11 is 0. The summed E-state index contributed by atoms with van der Waals surface area (Å²) in [6.07, 6.45) is 12.3. The highest BCUT2D eigenvalue weighted by Gasteiger charge is 2.61. The second-order valence-electron chi connectivity index (χ2n) is 8.84. The van der Waals surface area contributed by atoms with Crippen molar-refractivity contribution >= 4 is 0 Å². The Hall–Kier alpha value is -0.0400. The number of hydrogen-bond acceptors (Lipinski definition) is 1. The molecule has 4 fully saturated rings. The van der Waals surface area contributed by atoms with Gasteiger partial charge in [0.05, 0.1) is 6.10 Å². The maximum Gasteiger partial charge on any atom is 0.0543 e. The third kappa shape index (κ3) is 1.63. The minimum atomic E-state index is 0.00566. The van der Waals surface area contributed by atoms with Crippen LogP contribution in [0.15, 0.2) is 0 Å². The van der Waals surface area contributed by atoms with Crippen molar-refractivity contribution in [1.29, 1.82) is 0 Å². The van der Waals surface area contributed by atoms with Crippen LogP contribution < -0.4 is 0 Å². The average molecular weight is 262 g/mol. The molecule has 4 aliphatic rings. The first-order chi connectivity index (χ1) is 9.03. The Kier molecular flexibility index (Phi) is 2.67. The number of rotatable bonds is 0. The van der Waals surface area contributed by atoms with Gasteiger partial charge in [-0.15, -0.1) is 0 Å². The van der Waals surface area contributed by atoms with Gasteiger partial charge in [0, 0.05) is 0 Å². The first-order valence-corrected chi connectivity index (χ1v) is 8.71. The van der Waals surface area contributed by atoms with Crippen LogP contribution in [0.3, 0.4) is 0 Å². The van der Waals surface area contributed by atoms with Crippen molar-refractivity contribution in [2.45, 2.75) is 77.7 Å². The van der Waals surface area contributed by atoms with Crippen LogP contribution in [0.25, 0.3) is 0 Å². The van der Waals surface area contributed by atoms with Gasteiger partial charge in [0.1, 0.15) is 0 Å². The predicted octanol–water partition coefficient (Wildman–Crippen LogP) is 4.39. The van der Waals surface area contributed by atoms with E-state index >= 15 is 0 Å². The lowest BCUT2D eigenvalue weighted by Gasteiger charge is -2.53. The summed E-state index contributed by atoms with van der Waals surface area (Å²) in [6, 6.07) is 0. The Bertz CT molecular complexity index is 378. The van der Waals surface area contributed by atoms with Crippen LogP contribution in [0.4, 0.5) is 0 Å². The summed E-state index contributed by atoms with van der Waals surface area (Å²) in [7, 11) is 0. The molecule has 0 amide bonds. The van der Waals surface area contributed by atoms with Gasteiger partial charge in [0.25, 0.3) is 0 Å². The zero-order chi connectivity index (χ0) is 13.3. The van der Waals surface area contributed by atoms with Gasteiger partial charge in [-0.3, -0.25) is 0 Å². The molecule has 1 N–H and O–H groups in total. The summed E-state index contributed by atoms with van der Waals surface area (Å²) in [6.45, 7) is 5.18. The van der Waals surface area contributed by atoms with E-state index in [9.17, 15) is 5.11 Å². The molecule has 0 aromatic rings. The number of fused-ring (bicyclic) bond motifs is 5. The molecular formula is C18H30O. The molecule has 0 saturated heterocycles. The lowest BCUT2D eigenvalue weighted by atomic mass is 9.52. The SMILES string of the molecule is CC12CCCC1C1CCC3CC(O)CCC3(C)C1C2. The van der Waals surface area contributed by atoms with Crippen LogP contribution in [0, 0.1) is 34.5 Å². The minimum absolute atomic E-state index is 0.00566. The maximum atomic E-state index is 10.0. The summed E-state index contributed by atoms with van der Waals surface area (Å²) in [4.78, 5) is 0. The first-order valence-electron chi connectivity index (χ1n) is 8.71. The van der Waals surface area contributed by atoms with Gasteiger partial charge >= 0.3 is 0 Å². The fourth-order valence-corrected chi connectivity index (χ4v) is 7.03. The topological polar surface area (TPSA) is 20.2 Å². The number of hydrogen-bond donors (Lipinski definition) is 1. The highest BCUT2D eigenvalue weighted by molar-refractivity contribution is 5.10. The van der Waals surface area contributed by atoms with Crippen molar-refractivity contribution < 1.29 is 5.11 Å². The van der Waals surface area contributed by atoms with E-state index in [4.69, 9.17) is 0 Å². The highest BCUT2D eigenvalue weighted by atomic mass is 16.3. The number of aliphatic hydroxyl groups excluding tert-OH is 1. The molecule has 19 heavy (non-hydrogen) atoms. The fraction of sp³-hybridized carbons (Fsp3) is 1.00. The van der Waals surface area contributed by atoms with Crippen molar-refractivity contribution in [2.24, 2.45) is 34.5 Å². The van der Waals surface area contributed by atoms with Crippen LogP contribution in [0.1, 0.15) is 71.6 Å². The lowest BCUT2D eigenvalue weighted by Crippen LogP contribution is -2.47. The van der Waals surface area contributed by atoms with Crippen molar-refractivity contribution in [3.8, 4) is 0 Å². The molecule has 7 unspecified atom stereocenters. The summed E-state index contributed by atoms with van der Waals surface area (Å²) in [5.41, 5.74) is 1.25. The smallest absolute Gasteiger partial charge is 0.0543 e.